The number of rotatable bonds is 7. The molecular weight excluding hydrogens is 178 g/mol. The van der Waals surface area contributed by atoms with Crippen LogP contribution in [0, 0.1) is 11.8 Å². The van der Waals surface area contributed by atoms with Gasteiger partial charge in [0, 0.05) is 0 Å². The number of ether oxygens (including phenoxy) is 1. The summed E-state index contributed by atoms with van der Waals surface area (Å²) in [6, 6.07) is 0. The maximum absolute atomic E-state index is 11.4. The topological polar surface area (TPSA) is 52.3 Å². The first kappa shape index (κ1) is 13.4. The number of nitrogens with two attached hydrogens (primary N) is 1. The molecule has 0 spiro atoms. The Morgan fingerprint density at radius 1 is 1.36 bits per heavy atom. The second-order valence-electron chi connectivity index (χ2n) is 4.13. The Balaban J connectivity index is 3.91. The average molecular weight is 201 g/mol. The van der Waals surface area contributed by atoms with E-state index in [0.717, 1.165) is 25.7 Å². The highest BCUT2D eigenvalue weighted by Gasteiger charge is 2.19. The zero-order chi connectivity index (χ0) is 11.0. The Labute approximate surface area is 87.0 Å². The Kier molecular flexibility index (Phi) is 7.48. The lowest BCUT2D eigenvalue weighted by Gasteiger charge is -2.16. The molecule has 0 rings (SSSR count). The van der Waals surface area contributed by atoms with E-state index in [0.29, 0.717) is 12.5 Å². The van der Waals surface area contributed by atoms with Crippen molar-refractivity contribution in [3.8, 4) is 0 Å². The van der Waals surface area contributed by atoms with Gasteiger partial charge in [-0.05, 0) is 31.7 Å². The van der Waals surface area contributed by atoms with Crippen molar-refractivity contribution in [2.24, 2.45) is 17.6 Å². The highest BCUT2D eigenvalue weighted by molar-refractivity contribution is 5.72. The molecular formula is C11H23NO2. The van der Waals surface area contributed by atoms with E-state index in [2.05, 4.69) is 13.8 Å². The number of esters is 1. The highest BCUT2D eigenvalue weighted by atomic mass is 16.5. The molecule has 0 fully saturated rings. The molecule has 0 aliphatic heterocycles. The van der Waals surface area contributed by atoms with Crippen LogP contribution in [0.15, 0.2) is 0 Å². The number of carbonyl (C=O) groups is 1. The molecule has 0 aliphatic carbocycles. The van der Waals surface area contributed by atoms with Crippen molar-refractivity contribution in [1.29, 1.82) is 0 Å². The summed E-state index contributed by atoms with van der Waals surface area (Å²) in [4.78, 5) is 11.4. The first-order chi connectivity index (χ1) is 6.61. The molecule has 0 aliphatic rings. The van der Waals surface area contributed by atoms with Crippen molar-refractivity contribution in [3.63, 3.8) is 0 Å². The van der Waals surface area contributed by atoms with Crippen molar-refractivity contribution < 1.29 is 9.53 Å². The van der Waals surface area contributed by atoms with Gasteiger partial charge in [0.25, 0.3) is 0 Å². The minimum absolute atomic E-state index is 0.0616. The predicted molar refractivity (Wildman–Crippen MR) is 57.9 cm³/mol. The zero-order valence-electron chi connectivity index (χ0n) is 9.58. The summed E-state index contributed by atoms with van der Waals surface area (Å²) in [6.45, 7) is 4.95. The van der Waals surface area contributed by atoms with Crippen LogP contribution in [0.5, 0.6) is 0 Å². The van der Waals surface area contributed by atoms with Crippen LogP contribution in [0.3, 0.4) is 0 Å². The van der Waals surface area contributed by atoms with E-state index >= 15 is 0 Å². The van der Waals surface area contributed by atoms with E-state index in [-0.39, 0.29) is 11.9 Å². The second kappa shape index (κ2) is 7.80. The normalized spacial score (nSPS) is 12.9. The Bertz CT molecular complexity index is 157. The molecule has 1 atom stereocenters. The van der Waals surface area contributed by atoms with E-state index in [1.165, 1.54) is 7.11 Å². The quantitative estimate of drug-likeness (QED) is 0.506. The molecule has 0 heterocycles. The predicted octanol–water partition coefficient (Wildman–Crippen LogP) is 1.95. The molecule has 3 nitrogen and oxygen atoms in total. The van der Waals surface area contributed by atoms with Gasteiger partial charge >= 0.3 is 5.97 Å². The van der Waals surface area contributed by atoms with Gasteiger partial charge in [-0.3, -0.25) is 4.79 Å². The Hall–Kier alpha value is -0.570. The summed E-state index contributed by atoms with van der Waals surface area (Å²) in [6.07, 6.45) is 3.83. The van der Waals surface area contributed by atoms with Crippen LogP contribution in [0.2, 0.25) is 0 Å². The lowest BCUT2D eigenvalue weighted by Crippen LogP contribution is -2.18. The van der Waals surface area contributed by atoms with E-state index in [1.54, 1.807) is 0 Å². The molecule has 0 saturated carbocycles. The largest absolute Gasteiger partial charge is 0.469 e. The highest BCUT2D eigenvalue weighted by Crippen LogP contribution is 2.19. The van der Waals surface area contributed by atoms with Gasteiger partial charge in [0.15, 0.2) is 0 Å². The second-order valence-corrected chi connectivity index (χ2v) is 4.13. The third-order valence-corrected chi connectivity index (χ3v) is 2.30. The Morgan fingerprint density at radius 3 is 2.43 bits per heavy atom. The molecule has 0 amide bonds. The molecule has 84 valence electrons. The summed E-state index contributed by atoms with van der Waals surface area (Å²) < 4.78 is 4.77. The van der Waals surface area contributed by atoms with E-state index in [1.807, 2.05) is 0 Å². The van der Waals surface area contributed by atoms with Crippen LogP contribution in [0.25, 0.3) is 0 Å². The van der Waals surface area contributed by atoms with Crippen LogP contribution in [0.1, 0.15) is 39.5 Å². The molecule has 0 radical (unpaired) electrons. The number of hydrogen-bond acceptors (Lipinski definition) is 3. The summed E-state index contributed by atoms with van der Waals surface area (Å²) >= 11 is 0. The standard InChI is InChI=1S/C11H23NO2/c1-9(2)8-10(11(13)14-3)6-4-5-7-12/h9-10H,4-8,12H2,1-3H3. The maximum atomic E-state index is 11.4. The molecule has 3 heteroatoms. The van der Waals surface area contributed by atoms with Gasteiger partial charge in [-0.15, -0.1) is 0 Å². The monoisotopic (exact) mass is 201 g/mol. The van der Waals surface area contributed by atoms with Crippen LogP contribution < -0.4 is 5.73 Å². The summed E-state index contributed by atoms with van der Waals surface area (Å²) in [5.74, 6) is 0.527. The minimum atomic E-state index is -0.0734. The first-order valence-corrected chi connectivity index (χ1v) is 5.39. The van der Waals surface area contributed by atoms with Gasteiger partial charge in [-0.1, -0.05) is 20.3 Å². The van der Waals surface area contributed by atoms with Crippen LogP contribution in [-0.2, 0) is 9.53 Å². The molecule has 0 aromatic carbocycles. The number of hydrogen-bond donors (Lipinski definition) is 1. The van der Waals surface area contributed by atoms with Gasteiger partial charge in [0.1, 0.15) is 0 Å². The van der Waals surface area contributed by atoms with Crippen LogP contribution in [-0.4, -0.2) is 19.6 Å². The molecule has 0 aromatic heterocycles. The Morgan fingerprint density at radius 2 is 2.00 bits per heavy atom. The van der Waals surface area contributed by atoms with Crippen LogP contribution in [0.4, 0.5) is 0 Å². The van der Waals surface area contributed by atoms with Crippen LogP contribution >= 0.6 is 0 Å². The summed E-state index contributed by atoms with van der Waals surface area (Å²) in [7, 11) is 1.46. The maximum Gasteiger partial charge on any atom is 0.308 e. The van der Waals surface area contributed by atoms with E-state index in [4.69, 9.17) is 10.5 Å². The molecule has 0 aromatic rings. The fraction of sp³-hybridized carbons (Fsp3) is 0.909. The fourth-order valence-electron chi connectivity index (χ4n) is 1.60. The van der Waals surface area contributed by atoms with Crippen molar-refractivity contribution in [2.75, 3.05) is 13.7 Å². The zero-order valence-corrected chi connectivity index (χ0v) is 9.58. The third kappa shape index (κ3) is 5.97. The van der Waals surface area contributed by atoms with Gasteiger partial charge in [0.05, 0.1) is 13.0 Å². The van der Waals surface area contributed by atoms with Crippen molar-refractivity contribution in [1.82, 2.24) is 0 Å². The van der Waals surface area contributed by atoms with Gasteiger partial charge in [-0.2, -0.15) is 0 Å². The van der Waals surface area contributed by atoms with E-state index < -0.39 is 0 Å². The van der Waals surface area contributed by atoms with Crippen molar-refractivity contribution in [3.05, 3.63) is 0 Å². The third-order valence-electron chi connectivity index (χ3n) is 2.30. The lowest BCUT2D eigenvalue weighted by atomic mass is 9.92. The lowest BCUT2D eigenvalue weighted by molar-refractivity contribution is -0.146. The summed E-state index contributed by atoms with van der Waals surface area (Å²) in [5, 5.41) is 0. The molecule has 14 heavy (non-hydrogen) atoms. The fourth-order valence-corrected chi connectivity index (χ4v) is 1.60. The number of methoxy groups -OCH3 is 1. The molecule has 0 bridgehead atoms. The minimum Gasteiger partial charge on any atom is -0.469 e. The first-order valence-electron chi connectivity index (χ1n) is 5.39. The molecule has 0 saturated heterocycles. The van der Waals surface area contributed by atoms with Crippen molar-refractivity contribution in [2.45, 2.75) is 39.5 Å². The molecule has 2 N–H and O–H groups in total. The van der Waals surface area contributed by atoms with Gasteiger partial charge in [0.2, 0.25) is 0 Å². The SMILES string of the molecule is COC(=O)C(CCCCN)CC(C)C. The average Bonchev–Trinajstić information content (AvgIpc) is 2.15. The van der Waals surface area contributed by atoms with E-state index in [9.17, 15) is 4.79 Å². The number of carbonyl (C=O) groups excluding carboxylic acids is 1. The smallest absolute Gasteiger partial charge is 0.308 e. The van der Waals surface area contributed by atoms with Crippen molar-refractivity contribution >= 4 is 5.97 Å². The molecule has 1 unspecified atom stereocenters. The number of unbranched alkanes of at least 4 members (excludes halogenated alkanes) is 1. The van der Waals surface area contributed by atoms with Gasteiger partial charge in [-0.25, -0.2) is 0 Å². The summed E-state index contributed by atoms with van der Waals surface area (Å²) in [5.41, 5.74) is 5.41. The van der Waals surface area contributed by atoms with Gasteiger partial charge < -0.3 is 10.5 Å².